The predicted octanol–water partition coefficient (Wildman–Crippen LogP) is -0.0901. The van der Waals surface area contributed by atoms with Crippen LogP contribution in [0.2, 0.25) is 0 Å². The largest absolute Gasteiger partial charge is 0.471 e. The van der Waals surface area contributed by atoms with Gasteiger partial charge in [0.1, 0.15) is 0 Å². The number of carbonyl (C=O) groups excluding carboxylic acids is 2. The summed E-state index contributed by atoms with van der Waals surface area (Å²) in [5, 5.41) is 8.06. The van der Waals surface area contributed by atoms with Crippen LogP contribution in [0.4, 0.5) is 0 Å². The van der Waals surface area contributed by atoms with Crippen LogP contribution < -0.4 is 0 Å². The molecule has 1 aliphatic rings. The Morgan fingerprint density at radius 3 is 2.27 bits per heavy atom. The fourth-order valence-electron chi connectivity index (χ4n) is 0.736. The Bertz CT molecular complexity index is 211. The molecular weight excluding hydrogens is 170 g/mol. The van der Waals surface area contributed by atoms with E-state index in [0.29, 0.717) is 5.06 Å². The maximum atomic E-state index is 10.7. The normalized spacial score (nSPS) is 17.3. The Labute approximate surface area is 67.5 Å². The number of hydroxylamine groups is 2. The number of thiocarbonyl (C=S) groups is 1. The van der Waals surface area contributed by atoms with Gasteiger partial charge in [-0.25, -0.2) is 0 Å². The lowest BCUT2D eigenvalue weighted by molar-refractivity contribution is -0.169. The van der Waals surface area contributed by atoms with Crippen LogP contribution in [0.1, 0.15) is 12.8 Å². The second-order valence-corrected chi connectivity index (χ2v) is 2.29. The van der Waals surface area contributed by atoms with Crippen molar-refractivity contribution in [1.29, 1.82) is 0 Å². The standard InChI is InChI=1S/C5H5NO4S/c7-3-1-2-4(8)6(3)10-5(9)11/h1-2H2,(H,9,11). The Kier molecular flexibility index (Phi) is 2.04. The van der Waals surface area contributed by atoms with Gasteiger partial charge >= 0.3 is 5.24 Å². The van der Waals surface area contributed by atoms with Crippen LogP contribution in [0.3, 0.4) is 0 Å². The molecule has 0 unspecified atom stereocenters. The van der Waals surface area contributed by atoms with E-state index in [0.717, 1.165) is 0 Å². The molecule has 0 saturated carbocycles. The summed E-state index contributed by atoms with van der Waals surface area (Å²) in [5.41, 5.74) is 0. The third-order valence-corrected chi connectivity index (χ3v) is 1.25. The van der Waals surface area contributed by atoms with E-state index < -0.39 is 17.1 Å². The molecule has 1 rings (SSSR count). The summed E-state index contributed by atoms with van der Waals surface area (Å²) in [6.45, 7) is 0. The molecule has 0 aromatic carbocycles. The first-order valence-electron chi connectivity index (χ1n) is 2.88. The molecule has 6 heteroatoms. The van der Waals surface area contributed by atoms with Crippen LogP contribution in [-0.4, -0.2) is 27.2 Å². The fraction of sp³-hybridized carbons (Fsp3) is 0.400. The number of hydrogen-bond donors (Lipinski definition) is 1. The Balaban J connectivity index is 2.62. The third-order valence-electron chi connectivity index (χ3n) is 1.18. The number of nitrogens with zero attached hydrogens (tertiary/aromatic N) is 1. The molecule has 0 aliphatic carbocycles. The van der Waals surface area contributed by atoms with Crippen molar-refractivity contribution in [3.63, 3.8) is 0 Å². The van der Waals surface area contributed by atoms with Crippen molar-refractivity contribution in [2.75, 3.05) is 0 Å². The van der Waals surface area contributed by atoms with Crippen LogP contribution in [0.15, 0.2) is 0 Å². The van der Waals surface area contributed by atoms with Crippen molar-refractivity contribution in [2.24, 2.45) is 0 Å². The molecule has 11 heavy (non-hydrogen) atoms. The van der Waals surface area contributed by atoms with Crippen molar-refractivity contribution in [2.45, 2.75) is 12.8 Å². The lowest BCUT2D eigenvalue weighted by Crippen LogP contribution is -2.31. The molecule has 0 aromatic rings. The van der Waals surface area contributed by atoms with Gasteiger partial charge in [-0.05, 0) is 0 Å². The topological polar surface area (TPSA) is 66.8 Å². The zero-order valence-corrected chi connectivity index (χ0v) is 6.26. The van der Waals surface area contributed by atoms with Crippen LogP contribution in [0.25, 0.3) is 0 Å². The zero-order valence-electron chi connectivity index (χ0n) is 5.44. The summed E-state index contributed by atoms with van der Waals surface area (Å²) in [6.07, 6.45) is 0.225. The van der Waals surface area contributed by atoms with Gasteiger partial charge in [-0.3, -0.25) is 9.59 Å². The number of amides is 2. The second kappa shape index (κ2) is 2.83. The highest BCUT2D eigenvalue weighted by Gasteiger charge is 2.31. The van der Waals surface area contributed by atoms with Gasteiger partial charge in [-0.15, -0.1) is 5.06 Å². The third kappa shape index (κ3) is 1.64. The van der Waals surface area contributed by atoms with E-state index in [1.807, 2.05) is 0 Å². The van der Waals surface area contributed by atoms with Gasteiger partial charge in [0.15, 0.2) is 0 Å². The monoisotopic (exact) mass is 175 g/mol. The molecular formula is C5H5NO4S. The average molecular weight is 175 g/mol. The number of hydrogen-bond acceptors (Lipinski definition) is 4. The van der Waals surface area contributed by atoms with Crippen molar-refractivity contribution in [3.05, 3.63) is 0 Å². The summed E-state index contributed by atoms with van der Waals surface area (Å²) < 4.78 is 0. The molecule has 1 heterocycles. The lowest BCUT2D eigenvalue weighted by Gasteiger charge is -2.10. The minimum absolute atomic E-state index is 0.113. The molecule has 0 spiro atoms. The van der Waals surface area contributed by atoms with Crippen molar-refractivity contribution in [3.8, 4) is 0 Å². The van der Waals surface area contributed by atoms with Crippen LogP contribution in [0, 0.1) is 0 Å². The Hall–Kier alpha value is -1.17. The first kappa shape index (κ1) is 7.93. The first-order chi connectivity index (χ1) is 5.11. The average Bonchev–Trinajstić information content (AvgIpc) is 2.18. The summed E-state index contributed by atoms with van der Waals surface area (Å²) >= 11 is 4.13. The molecule has 0 bridgehead atoms. The highest BCUT2D eigenvalue weighted by Crippen LogP contribution is 2.11. The number of carbonyl (C=O) groups is 2. The van der Waals surface area contributed by atoms with Gasteiger partial charge in [-0.2, -0.15) is 0 Å². The number of aliphatic hydroxyl groups is 1. The Morgan fingerprint density at radius 1 is 1.45 bits per heavy atom. The van der Waals surface area contributed by atoms with E-state index >= 15 is 0 Å². The molecule has 0 atom stereocenters. The van der Waals surface area contributed by atoms with Crippen LogP contribution >= 0.6 is 12.2 Å². The number of aliphatic hydroxyl groups excluding tert-OH is 1. The van der Waals surface area contributed by atoms with Gasteiger partial charge in [-0.1, -0.05) is 0 Å². The van der Waals surface area contributed by atoms with E-state index in [1.54, 1.807) is 0 Å². The second-order valence-electron chi connectivity index (χ2n) is 1.94. The maximum absolute atomic E-state index is 10.7. The fourth-order valence-corrected chi connectivity index (χ4v) is 0.810. The molecule has 0 radical (unpaired) electrons. The highest BCUT2D eigenvalue weighted by atomic mass is 32.1. The molecule has 2 amide bonds. The van der Waals surface area contributed by atoms with E-state index in [9.17, 15) is 9.59 Å². The minimum Gasteiger partial charge on any atom is -0.471 e. The van der Waals surface area contributed by atoms with E-state index in [1.165, 1.54) is 0 Å². The van der Waals surface area contributed by atoms with Gasteiger partial charge in [0.05, 0.1) is 0 Å². The van der Waals surface area contributed by atoms with Gasteiger partial charge in [0, 0.05) is 25.1 Å². The molecule has 0 aromatic heterocycles. The smallest absolute Gasteiger partial charge is 0.375 e. The first-order valence-corrected chi connectivity index (χ1v) is 3.29. The zero-order chi connectivity index (χ0) is 8.43. The van der Waals surface area contributed by atoms with Crippen LogP contribution in [0.5, 0.6) is 0 Å². The lowest BCUT2D eigenvalue weighted by atomic mass is 10.4. The molecule has 1 N–H and O–H groups in total. The summed E-state index contributed by atoms with van der Waals surface area (Å²) in [4.78, 5) is 25.7. The van der Waals surface area contributed by atoms with Crippen LogP contribution in [-0.2, 0) is 14.4 Å². The summed E-state index contributed by atoms with van der Waals surface area (Å²) in [7, 11) is 0. The van der Waals surface area contributed by atoms with Gasteiger partial charge in [0.25, 0.3) is 11.8 Å². The predicted molar refractivity (Wildman–Crippen MR) is 37.4 cm³/mol. The van der Waals surface area contributed by atoms with Crippen molar-refractivity contribution >= 4 is 29.3 Å². The SMILES string of the molecule is O=C1CCC(=O)N1OC(O)=S. The van der Waals surface area contributed by atoms with Gasteiger partial charge in [0.2, 0.25) is 0 Å². The molecule has 1 saturated heterocycles. The molecule has 1 fully saturated rings. The molecule has 1 aliphatic heterocycles. The Morgan fingerprint density at radius 2 is 1.91 bits per heavy atom. The quantitative estimate of drug-likeness (QED) is 0.445. The van der Waals surface area contributed by atoms with Gasteiger partial charge < -0.3 is 9.94 Å². The maximum Gasteiger partial charge on any atom is 0.375 e. The highest BCUT2D eigenvalue weighted by molar-refractivity contribution is 7.79. The van der Waals surface area contributed by atoms with Crippen molar-refractivity contribution in [1.82, 2.24) is 5.06 Å². The van der Waals surface area contributed by atoms with Crippen molar-refractivity contribution < 1.29 is 19.5 Å². The van der Waals surface area contributed by atoms with E-state index in [4.69, 9.17) is 5.11 Å². The van der Waals surface area contributed by atoms with E-state index in [2.05, 4.69) is 17.1 Å². The number of imide groups is 1. The minimum atomic E-state index is -0.825. The number of rotatable bonds is 1. The summed E-state index contributed by atoms with van der Waals surface area (Å²) in [5.74, 6) is -0.960. The summed E-state index contributed by atoms with van der Waals surface area (Å²) in [6, 6.07) is 0. The molecule has 5 nitrogen and oxygen atoms in total. The molecule has 60 valence electrons. The van der Waals surface area contributed by atoms with E-state index in [-0.39, 0.29) is 12.8 Å².